The summed E-state index contributed by atoms with van der Waals surface area (Å²) in [7, 11) is 0. The molecule has 3 nitrogen and oxygen atoms in total. The van der Waals surface area contributed by atoms with Crippen LogP contribution >= 0.6 is 0 Å². The fraction of sp³-hybridized carbons (Fsp3) is 0.636. The van der Waals surface area contributed by atoms with Gasteiger partial charge >= 0.3 is 0 Å². The molecule has 1 aromatic rings. The SMILES string of the molecule is CC(C)c1cc(=O)n2c(n1)CC[C@@H]2C. The highest BCUT2D eigenvalue weighted by Crippen LogP contribution is 2.22. The van der Waals surface area contributed by atoms with E-state index >= 15 is 0 Å². The van der Waals surface area contributed by atoms with Crippen molar-refractivity contribution in [1.29, 1.82) is 0 Å². The average Bonchev–Trinajstić information content (AvgIpc) is 2.48. The van der Waals surface area contributed by atoms with Crippen molar-refractivity contribution < 1.29 is 0 Å². The lowest BCUT2D eigenvalue weighted by Gasteiger charge is -2.10. The van der Waals surface area contributed by atoms with Gasteiger partial charge in [-0.1, -0.05) is 13.8 Å². The Labute approximate surface area is 83.8 Å². The maximum atomic E-state index is 11.8. The Morgan fingerprint density at radius 1 is 1.57 bits per heavy atom. The van der Waals surface area contributed by atoms with Gasteiger partial charge in [0.2, 0.25) is 0 Å². The number of fused-ring (bicyclic) bond motifs is 1. The first-order chi connectivity index (χ1) is 6.59. The fourth-order valence-electron chi connectivity index (χ4n) is 1.97. The summed E-state index contributed by atoms with van der Waals surface area (Å²) in [5, 5.41) is 0. The van der Waals surface area contributed by atoms with Gasteiger partial charge in [0.15, 0.2) is 0 Å². The largest absolute Gasteiger partial charge is 0.294 e. The van der Waals surface area contributed by atoms with Crippen LogP contribution in [0.1, 0.15) is 50.7 Å². The topological polar surface area (TPSA) is 34.9 Å². The molecule has 14 heavy (non-hydrogen) atoms. The molecule has 1 aromatic heterocycles. The molecule has 1 atom stereocenters. The number of hydrogen-bond donors (Lipinski definition) is 0. The van der Waals surface area contributed by atoms with Gasteiger partial charge < -0.3 is 0 Å². The van der Waals surface area contributed by atoms with Crippen LogP contribution in [0.3, 0.4) is 0 Å². The molecule has 0 unspecified atom stereocenters. The molecule has 0 radical (unpaired) electrons. The number of hydrogen-bond acceptors (Lipinski definition) is 2. The zero-order valence-corrected chi connectivity index (χ0v) is 8.95. The minimum Gasteiger partial charge on any atom is -0.294 e. The first-order valence-electron chi connectivity index (χ1n) is 5.22. The Balaban J connectivity index is 2.57. The predicted octanol–water partition coefficient (Wildman–Crippen LogP) is 1.87. The number of rotatable bonds is 1. The van der Waals surface area contributed by atoms with Crippen molar-refractivity contribution in [2.24, 2.45) is 0 Å². The molecule has 0 amide bonds. The van der Waals surface area contributed by atoms with Crippen LogP contribution in [0.5, 0.6) is 0 Å². The summed E-state index contributed by atoms with van der Waals surface area (Å²) in [6.07, 6.45) is 1.99. The lowest BCUT2D eigenvalue weighted by Crippen LogP contribution is -2.23. The number of aromatic nitrogens is 2. The molecule has 0 aromatic carbocycles. The Morgan fingerprint density at radius 3 is 2.93 bits per heavy atom. The molecule has 0 aliphatic carbocycles. The molecule has 1 aliphatic rings. The predicted molar refractivity (Wildman–Crippen MR) is 55.6 cm³/mol. The second kappa shape index (κ2) is 3.23. The van der Waals surface area contributed by atoms with E-state index in [-0.39, 0.29) is 5.56 Å². The zero-order chi connectivity index (χ0) is 10.3. The Bertz CT molecular complexity index is 406. The maximum absolute atomic E-state index is 11.8. The van der Waals surface area contributed by atoms with Crippen LogP contribution in [-0.2, 0) is 6.42 Å². The molecule has 76 valence electrons. The number of nitrogens with zero attached hydrogens (tertiary/aromatic N) is 2. The average molecular weight is 192 g/mol. The van der Waals surface area contributed by atoms with Gasteiger partial charge in [-0.15, -0.1) is 0 Å². The van der Waals surface area contributed by atoms with Crippen molar-refractivity contribution in [1.82, 2.24) is 9.55 Å². The highest BCUT2D eigenvalue weighted by atomic mass is 16.1. The third-order valence-corrected chi connectivity index (χ3v) is 2.86. The van der Waals surface area contributed by atoms with Crippen LogP contribution < -0.4 is 5.56 Å². The molecule has 2 rings (SSSR count). The molecular formula is C11H16N2O. The molecule has 1 aliphatic heterocycles. The van der Waals surface area contributed by atoms with E-state index < -0.39 is 0 Å². The minimum atomic E-state index is 0.115. The van der Waals surface area contributed by atoms with Gasteiger partial charge in [0.1, 0.15) is 5.82 Å². The first-order valence-corrected chi connectivity index (χ1v) is 5.22. The molecule has 3 heteroatoms. The van der Waals surface area contributed by atoms with Crippen LogP contribution in [0.4, 0.5) is 0 Å². The second-order valence-corrected chi connectivity index (χ2v) is 4.35. The molecule has 0 fully saturated rings. The van der Waals surface area contributed by atoms with Crippen molar-refractivity contribution >= 4 is 0 Å². The van der Waals surface area contributed by atoms with Crippen LogP contribution in [0, 0.1) is 0 Å². The van der Waals surface area contributed by atoms with E-state index in [0.717, 1.165) is 24.4 Å². The van der Waals surface area contributed by atoms with Gasteiger partial charge in [-0.2, -0.15) is 0 Å². The monoisotopic (exact) mass is 192 g/mol. The van der Waals surface area contributed by atoms with Gasteiger partial charge in [0, 0.05) is 18.5 Å². The van der Waals surface area contributed by atoms with E-state index in [0.29, 0.717) is 12.0 Å². The second-order valence-electron chi connectivity index (χ2n) is 4.35. The molecule has 0 saturated heterocycles. The smallest absolute Gasteiger partial charge is 0.253 e. The fourth-order valence-corrected chi connectivity index (χ4v) is 1.97. The van der Waals surface area contributed by atoms with Gasteiger partial charge in [0.25, 0.3) is 5.56 Å². The highest BCUT2D eigenvalue weighted by molar-refractivity contribution is 5.11. The summed E-state index contributed by atoms with van der Waals surface area (Å²) in [5.74, 6) is 1.30. The van der Waals surface area contributed by atoms with E-state index in [1.165, 1.54) is 0 Å². The van der Waals surface area contributed by atoms with Crippen LogP contribution in [-0.4, -0.2) is 9.55 Å². The first kappa shape index (κ1) is 9.44. The third kappa shape index (κ3) is 1.37. The van der Waals surface area contributed by atoms with Gasteiger partial charge in [-0.05, 0) is 19.3 Å². The summed E-state index contributed by atoms with van der Waals surface area (Å²) < 4.78 is 1.83. The van der Waals surface area contributed by atoms with Crippen LogP contribution in [0.2, 0.25) is 0 Å². The summed E-state index contributed by atoms with van der Waals surface area (Å²) >= 11 is 0. The standard InChI is InChI=1S/C11H16N2O/c1-7(2)9-6-11(14)13-8(3)4-5-10(13)12-9/h6-8H,4-5H2,1-3H3/t8-/m0/s1. The Morgan fingerprint density at radius 2 is 2.29 bits per heavy atom. The van der Waals surface area contributed by atoms with E-state index in [1.54, 1.807) is 6.07 Å². The van der Waals surface area contributed by atoms with Gasteiger partial charge in [0.05, 0.1) is 5.69 Å². The van der Waals surface area contributed by atoms with E-state index in [4.69, 9.17) is 0 Å². The molecule has 2 heterocycles. The van der Waals surface area contributed by atoms with Crippen LogP contribution in [0.15, 0.2) is 10.9 Å². The van der Waals surface area contributed by atoms with Crippen LogP contribution in [0.25, 0.3) is 0 Å². The van der Waals surface area contributed by atoms with E-state index in [2.05, 4.69) is 25.8 Å². The quantitative estimate of drug-likeness (QED) is 0.681. The summed E-state index contributed by atoms with van der Waals surface area (Å²) in [4.78, 5) is 16.3. The highest BCUT2D eigenvalue weighted by Gasteiger charge is 2.21. The van der Waals surface area contributed by atoms with E-state index in [9.17, 15) is 4.79 Å². The molecular weight excluding hydrogens is 176 g/mol. The third-order valence-electron chi connectivity index (χ3n) is 2.86. The van der Waals surface area contributed by atoms with Crippen molar-refractivity contribution in [2.45, 2.75) is 45.6 Å². The van der Waals surface area contributed by atoms with Gasteiger partial charge in [-0.3, -0.25) is 9.36 Å². The lowest BCUT2D eigenvalue weighted by atomic mass is 10.1. The molecule has 0 saturated carbocycles. The number of aryl methyl sites for hydroxylation is 1. The van der Waals surface area contributed by atoms with Crippen molar-refractivity contribution in [2.75, 3.05) is 0 Å². The normalized spacial score (nSPS) is 20.1. The van der Waals surface area contributed by atoms with Crippen molar-refractivity contribution in [3.05, 3.63) is 27.9 Å². The Hall–Kier alpha value is -1.12. The maximum Gasteiger partial charge on any atom is 0.253 e. The molecule has 0 bridgehead atoms. The van der Waals surface area contributed by atoms with E-state index in [1.807, 2.05) is 4.57 Å². The van der Waals surface area contributed by atoms with Crippen molar-refractivity contribution in [3.8, 4) is 0 Å². The summed E-state index contributed by atoms with van der Waals surface area (Å²) in [6.45, 7) is 6.21. The zero-order valence-electron chi connectivity index (χ0n) is 8.95. The summed E-state index contributed by atoms with van der Waals surface area (Å²) in [6, 6.07) is 2.00. The minimum absolute atomic E-state index is 0.115. The van der Waals surface area contributed by atoms with Crippen molar-refractivity contribution in [3.63, 3.8) is 0 Å². The molecule has 0 N–H and O–H groups in total. The lowest BCUT2D eigenvalue weighted by molar-refractivity contribution is 0.556. The summed E-state index contributed by atoms with van der Waals surface area (Å²) in [5.41, 5.74) is 1.04. The Kier molecular flexibility index (Phi) is 2.17. The molecule has 0 spiro atoms. The van der Waals surface area contributed by atoms with Gasteiger partial charge in [-0.25, -0.2) is 4.98 Å².